The number of nitrogen functional groups attached to an aromatic ring is 1. The minimum Gasteiger partial charge on any atom is -0.383 e. The average Bonchev–Trinajstić information content (AvgIpc) is 2.85. The molecule has 5 nitrogen and oxygen atoms in total. The number of hydrogen-bond acceptors (Lipinski definition) is 3. The molecule has 0 saturated carbocycles. The molecule has 0 fully saturated rings. The van der Waals surface area contributed by atoms with Crippen LogP contribution < -0.4 is 11.1 Å². The van der Waals surface area contributed by atoms with Gasteiger partial charge in [-0.25, -0.2) is 0 Å². The number of rotatable bonds is 2. The zero-order chi connectivity index (χ0) is 13.2. The van der Waals surface area contributed by atoms with Gasteiger partial charge in [-0.15, -0.1) is 0 Å². The van der Waals surface area contributed by atoms with Crippen molar-refractivity contribution in [3.05, 3.63) is 47.2 Å². The topological polar surface area (TPSA) is 83.8 Å². The van der Waals surface area contributed by atoms with E-state index >= 15 is 0 Å². The van der Waals surface area contributed by atoms with Gasteiger partial charge in [0.25, 0.3) is 5.91 Å². The van der Waals surface area contributed by atoms with Crippen LogP contribution in [0.1, 0.15) is 40.4 Å². The van der Waals surface area contributed by atoms with Crippen molar-refractivity contribution in [1.29, 1.82) is 0 Å². The highest BCUT2D eigenvalue weighted by molar-refractivity contribution is 5.98. The van der Waals surface area contributed by atoms with Crippen LogP contribution in [-0.4, -0.2) is 16.1 Å². The van der Waals surface area contributed by atoms with E-state index in [4.69, 9.17) is 5.73 Å². The lowest BCUT2D eigenvalue weighted by Crippen LogP contribution is -2.31. The summed E-state index contributed by atoms with van der Waals surface area (Å²) in [4.78, 5) is 12.2. The highest BCUT2D eigenvalue weighted by Crippen LogP contribution is 2.29. The Kier molecular flexibility index (Phi) is 2.95. The standard InChI is InChI=1S/C14H16N4O/c15-13-11(8-16-18-13)14(19)17-12-7-3-5-9-4-1-2-6-10(9)12/h1-2,4,6,8,12H,3,5,7H2,(H,17,19)(H3,15,16,18). The van der Waals surface area contributed by atoms with E-state index in [0.717, 1.165) is 19.3 Å². The lowest BCUT2D eigenvalue weighted by Gasteiger charge is -2.26. The molecule has 1 amide bonds. The van der Waals surface area contributed by atoms with Crippen molar-refractivity contribution in [2.45, 2.75) is 25.3 Å². The number of nitrogens with two attached hydrogens (primary N) is 1. The van der Waals surface area contributed by atoms with Gasteiger partial charge in [-0.2, -0.15) is 5.10 Å². The molecule has 0 bridgehead atoms. The van der Waals surface area contributed by atoms with Gasteiger partial charge in [-0.1, -0.05) is 24.3 Å². The van der Waals surface area contributed by atoms with E-state index in [2.05, 4.69) is 27.6 Å². The summed E-state index contributed by atoms with van der Waals surface area (Å²) in [7, 11) is 0. The smallest absolute Gasteiger partial charge is 0.257 e. The van der Waals surface area contributed by atoms with Crippen molar-refractivity contribution in [2.75, 3.05) is 5.73 Å². The van der Waals surface area contributed by atoms with E-state index in [1.807, 2.05) is 12.1 Å². The van der Waals surface area contributed by atoms with Gasteiger partial charge < -0.3 is 11.1 Å². The third-order valence-corrected chi connectivity index (χ3v) is 3.59. The summed E-state index contributed by atoms with van der Waals surface area (Å²) < 4.78 is 0. The first-order valence-corrected chi connectivity index (χ1v) is 6.43. The zero-order valence-electron chi connectivity index (χ0n) is 10.5. The number of nitrogens with one attached hydrogen (secondary N) is 2. The predicted octanol–water partition coefficient (Wildman–Crippen LogP) is 1.80. The van der Waals surface area contributed by atoms with Gasteiger partial charge >= 0.3 is 0 Å². The number of anilines is 1. The molecule has 1 unspecified atom stereocenters. The second kappa shape index (κ2) is 4.76. The maximum atomic E-state index is 12.2. The Hall–Kier alpha value is -2.30. The summed E-state index contributed by atoms with van der Waals surface area (Å²) in [5, 5.41) is 9.38. The van der Waals surface area contributed by atoms with E-state index in [-0.39, 0.29) is 11.9 Å². The van der Waals surface area contributed by atoms with Gasteiger partial charge in [0.15, 0.2) is 0 Å². The second-order valence-corrected chi connectivity index (χ2v) is 4.81. The number of fused-ring (bicyclic) bond motifs is 1. The van der Waals surface area contributed by atoms with E-state index in [0.29, 0.717) is 11.4 Å². The fraction of sp³-hybridized carbons (Fsp3) is 0.286. The van der Waals surface area contributed by atoms with Gasteiger partial charge in [0.1, 0.15) is 11.4 Å². The minimum absolute atomic E-state index is 0.0618. The van der Waals surface area contributed by atoms with Gasteiger partial charge in [0, 0.05) is 0 Å². The SMILES string of the molecule is Nc1[nH]ncc1C(=O)NC1CCCc2ccccc21. The molecule has 1 aromatic heterocycles. The highest BCUT2D eigenvalue weighted by Gasteiger charge is 2.22. The molecule has 1 atom stereocenters. The number of aromatic nitrogens is 2. The zero-order valence-corrected chi connectivity index (χ0v) is 10.5. The summed E-state index contributed by atoms with van der Waals surface area (Å²) in [5.41, 5.74) is 8.60. The van der Waals surface area contributed by atoms with Crippen molar-refractivity contribution < 1.29 is 4.79 Å². The average molecular weight is 256 g/mol. The first-order chi connectivity index (χ1) is 9.25. The summed E-state index contributed by atoms with van der Waals surface area (Å²) in [6.07, 6.45) is 4.58. The molecule has 19 heavy (non-hydrogen) atoms. The minimum atomic E-state index is -0.173. The fourth-order valence-corrected chi connectivity index (χ4v) is 2.62. The molecule has 0 radical (unpaired) electrons. The maximum Gasteiger partial charge on any atom is 0.257 e. The Morgan fingerprint density at radius 1 is 1.42 bits per heavy atom. The highest BCUT2D eigenvalue weighted by atomic mass is 16.1. The summed E-state index contributed by atoms with van der Waals surface area (Å²) >= 11 is 0. The monoisotopic (exact) mass is 256 g/mol. The lowest BCUT2D eigenvalue weighted by molar-refractivity contribution is 0.0933. The number of amides is 1. The van der Waals surface area contributed by atoms with Crippen molar-refractivity contribution in [3.8, 4) is 0 Å². The number of aromatic amines is 1. The van der Waals surface area contributed by atoms with Crippen molar-refractivity contribution in [2.24, 2.45) is 0 Å². The molecular weight excluding hydrogens is 240 g/mol. The molecule has 2 aromatic rings. The number of H-pyrrole nitrogens is 1. The van der Waals surface area contributed by atoms with Gasteiger partial charge in [-0.05, 0) is 30.4 Å². The predicted molar refractivity (Wildman–Crippen MR) is 72.6 cm³/mol. The van der Waals surface area contributed by atoms with Gasteiger partial charge in [0.2, 0.25) is 0 Å². The van der Waals surface area contributed by atoms with Gasteiger partial charge in [0.05, 0.1) is 12.2 Å². The Bertz CT molecular complexity index is 605. The van der Waals surface area contributed by atoms with Gasteiger partial charge in [-0.3, -0.25) is 9.89 Å². The fourth-order valence-electron chi connectivity index (χ4n) is 2.62. The normalized spacial score (nSPS) is 17.8. The first-order valence-electron chi connectivity index (χ1n) is 6.43. The largest absolute Gasteiger partial charge is 0.383 e. The molecule has 1 heterocycles. The van der Waals surface area contributed by atoms with Crippen LogP contribution in [0.25, 0.3) is 0 Å². The first kappa shape index (κ1) is 11.8. The Labute approximate surface area is 111 Å². The Morgan fingerprint density at radius 3 is 3.05 bits per heavy atom. The number of aryl methyl sites for hydroxylation is 1. The van der Waals surface area contributed by atoms with Crippen LogP contribution in [0.5, 0.6) is 0 Å². The van der Waals surface area contributed by atoms with E-state index in [1.54, 1.807) is 0 Å². The van der Waals surface area contributed by atoms with Crippen LogP contribution in [-0.2, 0) is 6.42 Å². The maximum absolute atomic E-state index is 12.2. The van der Waals surface area contributed by atoms with Crippen LogP contribution in [0.4, 0.5) is 5.82 Å². The molecule has 5 heteroatoms. The molecule has 1 aliphatic rings. The quantitative estimate of drug-likeness (QED) is 0.766. The van der Waals surface area contributed by atoms with Crippen LogP contribution in [0.15, 0.2) is 30.5 Å². The van der Waals surface area contributed by atoms with Crippen LogP contribution in [0, 0.1) is 0 Å². The molecule has 4 N–H and O–H groups in total. The Morgan fingerprint density at radius 2 is 2.26 bits per heavy atom. The van der Waals surface area contributed by atoms with Crippen molar-refractivity contribution in [3.63, 3.8) is 0 Å². The summed E-state index contributed by atoms with van der Waals surface area (Å²) in [6.45, 7) is 0. The number of benzene rings is 1. The molecule has 1 aliphatic carbocycles. The number of carbonyl (C=O) groups is 1. The van der Waals surface area contributed by atoms with E-state index in [9.17, 15) is 4.79 Å². The molecule has 0 aliphatic heterocycles. The lowest BCUT2D eigenvalue weighted by atomic mass is 9.87. The van der Waals surface area contributed by atoms with Crippen molar-refractivity contribution >= 4 is 11.7 Å². The molecule has 3 rings (SSSR count). The molecular formula is C14H16N4O. The van der Waals surface area contributed by atoms with Crippen LogP contribution >= 0.6 is 0 Å². The van der Waals surface area contributed by atoms with Crippen molar-refractivity contribution in [1.82, 2.24) is 15.5 Å². The molecule has 1 aromatic carbocycles. The summed E-state index contributed by atoms with van der Waals surface area (Å²) in [5.74, 6) is 0.134. The van der Waals surface area contributed by atoms with Crippen LogP contribution in [0.2, 0.25) is 0 Å². The molecule has 98 valence electrons. The number of hydrogen-bond donors (Lipinski definition) is 3. The summed E-state index contributed by atoms with van der Waals surface area (Å²) in [6, 6.07) is 8.32. The molecule has 0 spiro atoms. The third kappa shape index (κ3) is 2.19. The number of carbonyl (C=O) groups excluding carboxylic acids is 1. The molecule has 0 saturated heterocycles. The van der Waals surface area contributed by atoms with Crippen LogP contribution in [0.3, 0.4) is 0 Å². The second-order valence-electron chi connectivity index (χ2n) is 4.81. The van der Waals surface area contributed by atoms with E-state index in [1.165, 1.54) is 17.3 Å². The third-order valence-electron chi connectivity index (χ3n) is 3.59. The number of nitrogens with zero attached hydrogens (tertiary/aromatic N) is 1. The Balaban J connectivity index is 1.82. The van der Waals surface area contributed by atoms with E-state index < -0.39 is 0 Å².